The molecule has 27 heavy (non-hydrogen) atoms. The zero-order chi connectivity index (χ0) is 19.0. The second-order valence-corrected chi connectivity index (χ2v) is 6.39. The van der Waals surface area contributed by atoms with Crippen molar-refractivity contribution in [3.63, 3.8) is 0 Å². The molecule has 1 aromatic heterocycles. The molecule has 0 saturated carbocycles. The van der Waals surface area contributed by atoms with Gasteiger partial charge in [0.15, 0.2) is 11.5 Å². The van der Waals surface area contributed by atoms with Gasteiger partial charge in [0.05, 0.1) is 19.7 Å². The lowest BCUT2D eigenvalue weighted by molar-refractivity contribution is 0.0730. The molecular formula is C20H19N3O4. The van der Waals surface area contributed by atoms with Crippen LogP contribution in [0.15, 0.2) is 41.2 Å². The Hall–Kier alpha value is -3.35. The van der Waals surface area contributed by atoms with E-state index in [4.69, 9.17) is 9.47 Å². The molecule has 0 fully saturated rings. The second-order valence-electron chi connectivity index (χ2n) is 6.39. The van der Waals surface area contributed by atoms with E-state index in [1.807, 2.05) is 24.3 Å². The Bertz CT molecular complexity index is 1090. The number of benzene rings is 2. The van der Waals surface area contributed by atoms with Crippen LogP contribution in [0.25, 0.3) is 10.9 Å². The summed E-state index contributed by atoms with van der Waals surface area (Å²) < 4.78 is 10.7. The number of para-hydroxylation sites is 1. The number of hydrogen-bond acceptors (Lipinski definition) is 5. The average Bonchev–Trinajstić information content (AvgIpc) is 2.71. The van der Waals surface area contributed by atoms with E-state index >= 15 is 0 Å². The second kappa shape index (κ2) is 6.75. The quantitative estimate of drug-likeness (QED) is 0.769. The third-order valence-electron chi connectivity index (χ3n) is 4.84. The molecule has 7 nitrogen and oxygen atoms in total. The van der Waals surface area contributed by atoms with E-state index in [1.54, 1.807) is 31.3 Å². The molecule has 2 heterocycles. The maximum absolute atomic E-state index is 13.1. The number of methoxy groups -OCH3 is 2. The van der Waals surface area contributed by atoms with Crippen LogP contribution in [-0.2, 0) is 13.0 Å². The number of carbonyl (C=O) groups is 1. The number of H-pyrrole nitrogens is 1. The molecule has 0 atom stereocenters. The van der Waals surface area contributed by atoms with Crippen molar-refractivity contribution in [3.05, 3.63) is 63.7 Å². The van der Waals surface area contributed by atoms with E-state index in [0.717, 1.165) is 11.1 Å². The van der Waals surface area contributed by atoms with Crippen molar-refractivity contribution in [3.8, 4) is 11.5 Å². The minimum absolute atomic E-state index is 0.179. The number of amides is 1. The first kappa shape index (κ1) is 17.1. The summed E-state index contributed by atoms with van der Waals surface area (Å²) in [5, 5.41) is 0.639. The summed E-state index contributed by atoms with van der Waals surface area (Å²) in [4.78, 5) is 33.3. The average molecular weight is 365 g/mol. The number of nitrogens with one attached hydrogen (secondary N) is 1. The highest BCUT2D eigenvalue weighted by atomic mass is 16.5. The molecule has 0 spiro atoms. The third kappa shape index (κ3) is 3.01. The number of ether oxygens (including phenoxy) is 2. The van der Waals surface area contributed by atoms with E-state index in [0.29, 0.717) is 41.9 Å². The van der Waals surface area contributed by atoms with Crippen LogP contribution in [0.4, 0.5) is 0 Å². The fourth-order valence-electron chi connectivity index (χ4n) is 3.47. The van der Waals surface area contributed by atoms with E-state index in [2.05, 4.69) is 9.97 Å². The van der Waals surface area contributed by atoms with Gasteiger partial charge in [-0.15, -0.1) is 0 Å². The first-order valence-electron chi connectivity index (χ1n) is 8.63. The molecular weight excluding hydrogens is 346 g/mol. The lowest BCUT2D eigenvalue weighted by atomic mass is 9.98. The number of hydrogen-bond donors (Lipinski definition) is 1. The molecule has 1 aliphatic rings. The Morgan fingerprint density at radius 3 is 2.56 bits per heavy atom. The van der Waals surface area contributed by atoms with Crippen LogP contribution < -0.4 is 15.2 Å². The van der Waals surface area contributed by atoms with Crippen LogP contribution in [0, 0.1) is 0 Å². The molecule has 1 N–H and O–H groups in total. The Kier molecular flexibility index (Phi) is 4.27. The summed E-state index contributed by atoms with van der Waals surface area (Å²) in [5.74, 6) is 1.06. The van der Waals surface area contributed by atoms with Crippen molar-refractivity contribution in [1.29, 1.82) is 0 Å². The molecule has 0 saturated heterocycles. The van der Waals surface area contributed by atoms with Crippen molar-refractivity contribution in [2.24, 2.45) is 0 Å². The van der Waals surface area contributed by atoms with Crippen molar-refractivity contribution >= 4 is 16.8 Å². The highest BCUT2D eigenvalue weighted by Gasteiger charge is 2.26. The first-order valence-corrected chi connectivity index (χ1v) is 8.63. The first-order chi connectivity index (χ1) is 13.1. The number of rotatable bonds is 3. The molecule has 0 unspecified atom stereocenters. The largest absolute Gasteiger partial charge is 0.493 e. The van der Waals surface area contributed by atoms with Gasteiger partial charge in [-0.2, -0.15) is 4.98 Å². The van der Waals surface area contributed by atoms with Crippen molar-refractivity contribution < 1.29 is 14.3 Å². The summed E-state index contributed by atoms with van der Waals surface area (Å²) in [7, 11) is 3.19. The zero-order valence-electron chi connectivity index (χ0n) is 15.1. The fraction of sp³-hybridized carbons (Fsp3) is 0.250. The molecule has 1 aliphatic heterocycles. The number of aromatic nitrogens is 2. The van der Waals surface area contributed by atoms with Gasteiger partial charge < -0.3 is 19.4 Å². The van der Waals surface area contributed by atoms with Crippen LogP contribution in [0.5, 0.6) is 11.5 Å². The predicted octanol–water partition coefficient (Wildman–Crippen LogP) is 2.14. The molecule has 0 bridgehead atoms. The van der Waals surface area contributed by atoms with Crippen LogP contribution in [0.1, 0.15) is 21.6 Å². The normalized spacial score (nSPS) is 13.3. The van der Waals surface area contributed by atoms with E-state index in [-0.39, 0.29) is 11.6 Å². The summed E-state index contributed by atoms with van der Waals surface area (Å²) in [6.07, 6.45) is 0.697. The van der Waals surface area contributed by atoms with E-state index < -0.39 is 5.69 Å². The maximum Gasteiger partial charge on any atom is 0.346 e. The van der Waals surface area contributed by atoms with Crippen LogP contribution >= 0.6 is 0 Å². The molecule has 4 rings (SSSR count). The monoisotopic (exact) mass is 365 g/mol. The highest BCUT2D eigenvalue weighted by Crippen LogP contribution is 2.33. The van der Waals surface area contributed by atoms with E-state index in [9.17, 15) is 9.59 Å². The molecule has 0 aliphatic carbocycles. The van der Waals surface area contributed by atoms with Crippen molar-refractivity contribution in [2.45, 2.75) is 13.0 Å². The standard InChI is InChI=1S/C20H19N3O4/c1-26-16-9-12-7-8-23(11-13(12)10-17(16)27-2)19(24)18-14-5-3-4-6-15(14)21-20(25)22-18/h3-6,9-10H,7-8,11H2,1-2H3,(H,21,22,25). The Labute approximate surface area is 155 Å². The van der Waals surface area contributed by atoms with Gasteiger partial charge in [0.25, 0.3) is 5.91 Å². The number of carbonyl (C=O) groups excluding carboxylic acids is 1. The van der Waals surface area contributed by atoms with Gasteiger partial charge in [0.1, 0.15) is 5.69 Å². The summed E-state index contributed by atoms with van der Waals surface area (Å²) in [6.45, 7) is 0.974. The molecule has 7 heteroatoms. The van der Waals surface area contributed by atoms with Gasteiger partial charge in [-0.05, 0) is 35.7 Å². The van der Waals surface area contributed by atoms with Crippen molar-refractivity contribution in [2.75, 3.05) is 20.8 Å². The molecule has 138 valence electrons. The van der Waals surface area contributed by atoms with Gasteiger partial charge in [-0.1, -0.05) is 18.2 Å². The lowest BCUT2D eigenvalue weighted by Crippen LogP contribution is -2.37. The number of aromatic amines is 1. The zero-order valence-corrected chi connectivity index (χ0v) is 15.1. The SMILES string of the molecule is COc1cc2c(cc1OC)CN(C(=O)c1nc(=O)[nH]c3ccccc13)CC2. The van der Waals surface area contributed by atoms with E-state index in [1.165, 1.54) is 0 Å². The van der Waals surface area contributed by atoms with Crippen LogP contribution in [0.3, 0.4) is 0 Å². The molecule has 3 aromatic rings. The maximum atomic E-state index is 13.1. The smallest absolute Gasteiger partial charge is 0.346 e. The molecule has 1 amide bonds. The van der Waals surface area contributed by atoms with Crippen molar-refractivity contribution in [1.82, 2.24) is 14.9 Å². The highest BCUT2D eigenvalue weighted by molar-refractivity contribution is 6.04. The number of nitrogens with zero attached hydrogens (tertiary/aromatic N) is 2. The van der Waals surface area contributed by atoms with Gasteiger partial charge >= 0.3 is 5.69 Å². The number of fused-ring (bicyclic) bond motifs is 2. The Balaban J connectivity index is 1.70. The topological polar surface area (TPSA) is 84.5 Å². The predicted molar refractivity (Wildman–Crippen MR) is 100 cm³/mol. The lowest BCUT2D eigenvalue weighted by Gasteiger charge is -2.29. The fourth-order valence-corrected chi connectivity index (χ4v) is 3.47. The molecule has 2 aromatic carbocycles. The molecule has 0 radical (unpaired) electrons. The summed E-state index contributed by atoms with van der Waals surface area (Å²) >= 11 is 0. The van der Waals surface area contributed by atoms with Gasteiger partial charge in [-0.25, -0.2) is 4.79 Å². The van der Waals surface area contributed by atoms with Crippen LogP contribution in [0.2, 0.25) is 0 Å². The summed E-state index contributed by atoms with van der Waals surface area (Å²) in [6, 6.07) is 11.0. The van der Waals surface area contributed by atoms with Gasteiger partial charge in [-0.3, -0.25) is 4.79 Å². The third-order valence-corrected chi connectivity index (χ3v) is 4.84. The Morgan fingerprint density at radius 2 is 1.81 bits per heavy atom. The van der Waals surface area contributed by atoms with Crippen LogP contribution in [-0.4, -0.2) is 41.5 Å². The van der Waals surface area contributed by atoms with Gasteiger partial charge in [0.2, 0.25) is 0 Å². The Morgan fingerprint density at radius 1 is 1.11 bits per heavy atom. The van der Waals surface area contributed by atoms with Gasteiger partial charge in [0, 0.05) is 18.5 Å². The minimum Gasteiger partial charge on any atom is -0.493 e. The minimum atomic E-state index is -0.527. The summed E-state index contributed by atoms with van der Waals surface area (Å²) in [5.41, 5.74) is 2.38.